The number of rotatable bonds is 1. The first-order chi connectivity index (χ1) is 9.22. The quantitative estimate of drug-likeness (QED) is 0.764. The lowest BCUT2D eigenvalue weighted by molar-refractivity contribution is -0.119. The molecule has 0 aliphatic carbocycles. The molecule has 0 aromatic carbocycles. The van der Waals surface area contributed by atoms with E-state index in [-0.39, 0.29) is 5.91 Å². The molecule has 94 valence electrons. The van der Waals surface area contributed by atoms with Crippen molar-refractivity contribution in [1.82, 2.24) is 14.8 Å². The lowest BCUT2D eigenvalue weighted by atomic mass is 10.1. The Morgan fingerprint density at radius 1 is 1.47 bits per heavy atom. The molecule has 6 heteroatoms. The number of anilines is 1. The Morgan fingerprint density at radius 3 is 3.00 bits per heavy atom. The molecule has 0 saturated heterocycles. The lowest BCUT2D eigenvalue weighted by Crippen LogP contribution is -2.34. The molecule has 3 rings (SSSR count). The third kappa shape index (κ3) is 1.67. The second kappa shape index (κ2) is 4.21. The first-order valence-electron chi connectivity index (χ1n) is 5.90. The van der Waals surface area contributed by atoms with Crippen LogP contribution in [0.1, 0.15) is 12.0 Å². The molecule has 0 N–H and O–H groups in total. The van der Waals surface area contributed by atoms with Gasteiger partial charge in [-0.05, 0) is 12.1 Å². The maximum Gasteiger partial charge on any atom is 0.229 e. The summed E-state index contributed by atoms with van der Waals surface area (Å²) in [4.78, 5) is 17.3. The van der Waals surface area contributed by atoms with Gasteiger partial charge in [-0.1, -0.05) is 0 Å². The van der Waals surface area contributed by atoms with Gasteiger partial charge in [-0.15, -0.1) is 0 Å². The van der Waals surface area contributed by atoms with E-state index in [1.807, 2.05) is 6.07 Å². The zero-order valence-electron chi connectivity index (χ0n) is 10.4. The van der Waals surface area contributed by atoms with Gasteiger partial charge in [-0.25, -0.2) is 4.68 Å². The summed E-state index contributed by atoms with van der Waals surface area (Å²) < 4.78 is 1.71. The minimum Gasteiger partial charge on any atom is -0.299 e. The molecule has 0 spiro atoms. The number of carbonyl (C=O) groups excluding carboxylic acids is 1. The van der Waals surface area contributed by atoms with Gasteiger partial charge < -0.3 is 0 Å². The molecule has 0 bridgehead atoms. The normalized spacial score (nSPS) is 14.1. The van der Waals surface area contributed by atoms with Crippen molar-refractivity contribution >= 4 is 11.7 Å². The maximum absolute atomic E-state index is 11.7. The highest BCUT2D eigenvalue weighted by Crippen LogP contribution is 2.32. The third-order valence-electron chi connectivity index (χ3n) is 3.20. The second-order valence-electron chi connectivity index (χ2n) is 4.33. The van der Waals surface area contributed by atoms with Crippen LogP contribution in [-0.2, 0) is 11.3 Å². The van der Waals surface area contributed by atoms with Gasteiger partial charge in [-0.2, -0.15) is 10.4 Å². The molecule has 1 aliphatic rings. The van der Waals surface area contributed by atoms with E-state index in [0.29, 0.717) is 30.0 Å². The minimum atomic E-state index is 0.00152. The third-order valence-corrected chi connectivity index (χ3v) is 3.20. The number of aryl methyl sites for hydroxylation is 1. The molecule has 6 nitrogen and oxygen atoms in total. The van der Waals surface area contributed by atoms with Crippen molar-refractivity contribution < 1.29 is 4.79 Å². The Kier molecular flexibility index (Phi) is 2.53. The number of hydrogen-bond donors (Lipinski definition) is 0. The van der Waals surface area contributed by atoms with Gasteiger partial charge in [0.2, 0.25) is 5.91 Å². The van der Waals surface area contributed by atoms with E-state index in [1.54, 1.807) is 30.2 Å². The van der Waals surface area contributed by atoms with E-state index < -0.39 is 0 Å². The monoisotopic (exact) mass is 253 g/mol. The first kappa shape index (κ1) is 11.4. The van der Waals surface area contributed by atoms with Crippen molar-refractivity contribution in [3.8, 4) is 17.3 Å². The van der Waals surface area contributed by atoms with E-state index in [4.69, 9.17) is 0 Å². The van der Waals surface area contributed by atoms with Gasteiger partial charge in [0.25, 0.3) is 0 Å². The average Bonchev–Trinajstić information content (AvgIpc) is 2.83. The Hall–Kier alpha value is -2.68. The fourth-order valence-corrected chi connectivity index (χ4v) is 2.25. The highest BCUT2D eigenvalue weighted by atomic mass is 16.2. The standard InChI is InChI=1S/C13H11N5O/c1-17-11(19)4-6-18-13(17)10(7-14)12(16-18)9-3-2-5-15-8-9/h2-3,5,8H,4,6H2,1H3. The van der Waals surface area contributed by atoms with Crippen molar-refractivity contribution in [2.24, 2.45) is 0 Å². The topological polar surface area (TPSA) is 74.8 Å². The van der Waals surface area contributed by atoms with E-state index in [9.17, 15) is 10.1 Å². The van der Waals surface area contributed by atoms with Crippen molar-refractivity contribution in [1.29, 1.82) is 5.26 Å². The summed E-state index contributed by atoms with van der Waals surface area (Å²) >= 11 is 0. The Balaban J connectivity index is 2.22. The van der Waals surface area contributed by atoms with Crippen molar-refractivity contribution in [3.05, 3.63) is 30.1 Å². The molecule has 0 radical (unpaired) electrons. The van der Waals surface area contributed by atoms with Crippen LogP contribution in [0.5, 0.6) is 0 Å². The van der Waals surface area contributed by atoms with Crippen molar-refractivity contribution in [2.75, 3.05) is 11.9 Å². The number of nitrogens with zero attached hydrogens (tertiary/aromatic N) is 5. The molecule has 2 aromatic rings. The number of pyridine rings is 1. The summed E-state index contributed by atoms with van der Waals surface area (Å²) in [7, 11) is 1.67. The van der Waals surface area contributed by atoms with Crippen molar-refractivity contribution in [3.63, 3.8) is 0 Å². The molecule has 0 atom stereocenters. The number of hydrogen-bond acceptors (Lipinski definition) is 4. The zero-order valence-corrected chi connectivity index (χ0v) is 10.4. The summed E-state index contributed by atoms with van der Waals surface area (Å²) in [5, 5.41) is 13.8. The van der Waals surface area contributed by atoms with Crippen LogP contribution in [0, 0.1) is 11.3 Å². The number of aromatic nitrogens is 3. The predicted octanol–water partition coefficient (Wildman–Crippen LogP) is 1.18. The molecule has 1 aliphatic heterocycles. The van der Waals surface area contributed by atoms with Crippen molar-refractivity contribution in [2.45, 2.75) is 13.0 Å². The molecular formula is C13H11N5O. The Labute approximate surface area is 109 Å². The molecule has 2 aromatic heterocycles. The van der Waals surface area contributed by atoms with Crippen LogP contribution in [0.25, 0.3) is 11.3 Å². The molecule has 0 fully saturated rings. The van der Waals surface area contributed by atoms with E-state index in [1.165, 1.54) is 4.90 Å². The van der Waals surface area contributed by atoms with Crippen LogP contribution in [0.15, 0.2) is 24.5 Å². The fraction of sp³-hybridized carbons (Fsp3) is 0.231. The first-order valence-corrected chi connectivity index (χ1v) is 5.90. The smallest absolute Gasteiger partial charge is 0.229 e. The summed E-state index contributed by atoms with van der Waals surface area (Å²) in [5.41, 5.74) is 1.78. The molecule has 3 heterocycles. The van der Waals surface area contributed by atoms with Crippen LogP contribution in [0.2, 0.25) is 0 Å². The summed E-state index contributed by atoms with van der Waals surface area (Å²) in [6, 6.07) is 5.79. The van der Waals surface area contributed by atoms with Crippen LogP contribution < -0.4 is 4.90 Å². The number of fused-ring (bicyclic) bond motifs is 1. The Morgan fingerprint density at radius 2 is 2.32 bits per heavy atom. The largest absolute Gasteiger partial charge is 0.299 e. The van der Waals surface area contributed by atoms with Gasteiger partial charge in [0.1, 0.15) is 17.3 Å². The van der Waals surface area contributed by atoms with E-state index in [0.717, 1.165) is 5.56 Å². The molecule has 0 unspecified atom stereocenters. The maximum atomic E-state index is 11.7. The molecule has 19 heavy (non-hydrogen) atoms. The second-order valence-corrected chi connectivity index (χ2v) is 4.33. The van der Waals surface area contributed by atoms with E-state index in [2.05, 4.69) is 16.2 Å². The van der Waals surface area contributed by atoms with Gasteiger partial charge in [0.05, 0.1) is 6.54 Å². The van der Waals surface area contributed by atoms with Gasteiger partial charge in [-0.3, -0.25) is 14.7 Å². The number of nitriles is 1. The van der Waals surface area contributed by atoms with Gasteiger partial charge >= 0.3 is 0 Å². The molecule has 0 saturated carbocycles. The number of carbonyl (C=O) groups is 1. The molecular weight excluding hydrogens is 242 g/mol. The highest BCUT2D eigenvalue weighted by molar-refractivity contribution is 5.95. The summed E-state index contributed by atoms with van der Waals surface area (Å²) in [6.45, 7) is 0.507. The Bertz CT molecular complexity index is 683. The SMILES string of the molecule is CN1C(=O)CCn2nc(-c3cccnc3)c(C#N)c21. The van der Waals surface area contributed by atoms with Crippen LogP contribution in [-0.4, -0.2) is 27.7 Å². The van der Waals surface area contributed by atoms with Crippen LogP contribution in [0.4, 0.5) is 5.82 Å². The van der Waals surface area contributed by atoms with E-state index >= 15 is 0 Å². The summed E-state index contributed by atoms with van der Waals surface area (Å²) in [6.07, 6.45) is 3.74. The van der Waals surface area contributed by atoms with Gasteiger partial charge in [0.15, 0.2) is 5.82 Å². The van der Waals surface area contributed by atoms with Crippen LogP contribution in [0.3, 0.4) is 0 Å². The average molecular weight is 253 g/mol. The summed E-state index contributed by atoms with van der Waals surface area (Å²) in [5.74, 6) is 0.569. The lowest BCUT2D eigenvalue weighted by Gasteiger charge is -2.23. The number of amides is 1. The van der Waals surface area contributed by atoms with Gasteiger partial charge in [0, 0.05) is 31.4 Å². The highest BCUT2D eigenvalue weighted by Gasteiger charge is 2.28. The predicted molar refractivity (Wildman–Crippen MR) is 68.2 cm³/mol. The zero-order chi connectivity index (χ0) is 13.4. The van der Waals surface area contributed by atoms with Crippen LogP contribution >= 0.6 is 0 Å². The molecule has 1 amide bonds. The fourth-order valence-electron chi connectivity index (χ4n) is 2.25. The minimum absolute atomic E-state index is 0.00152.